The Labute approximate surface area is 107 Å². The van der Waals surface area contributed by atoms with Crippen LogP contribution >= 0.6 is 0 Å². The van der Waals surface area contributed by atoms with Crippen LogP contribution in [0.25, 0.3) is 0 Å². The van der Waals surface area contributed by atoms with Crippen molar-refractivity contribution in [2.75, 3.05) is 19.7 Å². The van der Waals surface area contributed by atoms with E-state index in [1.54, 1.807) is 0 Å². The van der Waals surface area contributed by atoms with Crippen LogP contribution in [0.2, 0.25) is 0 Å². The first-order valence-corrected chi connectivity index (χ1v) is 6.61. The Morgan fingerprint density at radius 2 is 2.44 bits per heavy atom. The van der Waals surface area contributed by atoms with Crippen molar-refractivity contribution >= 4 is 11.8 Å². The van der Waals surface area contributed by atoms with Gasteiger partial charge in [-0.25, -0.2) is 5.48 Å². The van der Waals surface area contributed by atoms with Gasteiger partial charge in [-0.3, -0.25) is 14.4 Å². The summed E-state index contributed by atoms with van der Waals surface area (Å²) in [5.41, 5.74) is 1.89. The molecule has 2 rings (SSSR count). The van der Waals surface area contributed by atoms with Crippen LogP contribution in [0, 0.1) is 5.41 Å². The van der Waals surface area contributed by atoms with Crippen LogP contribution in [0.4, 0.5) is 0 Å². The Hall–Kier alpha value is -1.14. The quantitative estimate of drug-likeness (QED) is 0.644. The molecule has 2 aliphatic rings. The summed E-state index contributed by atoms with van der Waals surface area (Å²) in [5.74, 6) is -0.291. The fourth-order valence-corrected chi connectivity index (χ4v) is 2.73. The van der Waals surface area contributed by atoms with Crippen molar-refractivity contribution in [3.8, 4) is 0 Å². The highest BCUT2D eigenvalue weighted by atomic mass is 16.7. The molecule has 6 nitrogen and oxygen atoms in total. The molecule has 0 saturated carbocycles. The lowest BCUT2D eigenvalue weighted by Gasteiger charge is -2.36. The van der Waals surface area contributed by atoms with Gasteiger partial charge in [0.05, 0.1) is 5.41 Å². The zero-order valence-corrected chi connectivity index (χ0v) is 10.8. The number of amides is 2. The first-order valence-electron chi connectivity index (χ1n) is 6.61. The number of rotatable bonds is 4. The van der Waals surface area contributed by atoms with Crippen LogP contribution in [-0.2, 0) is 14.4 Å². The molecule has 0 aromatic carbocycles. The topological polar surface area (TPSA) is 79.5 Å². The fourth-order valence-electron chi connectivity index (χ4n) is 2.73. The number of nitrogens with one attached hydrogen (secondary N) is 3. The van der Waals surface area contributed by atoms with Gasteiger partial charge in [-0.05, 0) is 25.8 Å². The minimum atomic E-state index is -0.548. The van der Waals surface area contributed by atoms with Crippen molar-refractivity contribution in [3.63, 3.8) is 0 Å². The van der Waals surface area contributed by atoms with E-state index in [0.717, 1.165) is 32.2 Å². The van der Waals surface area contributed by atoms with Crippen molar-refractivity contribution in [1.82, 2.24) is 16.1 Å². The Morgan fingerprint density at radius 3 is 3.00 bits per heavy atom. The first-order chi connectivity index (χ1) is 8.68. The molecule has 0 aliphatic carbocycles. The fraction of sp³-hybridized carbons (Fsp3) is 0.833. The summed E-state index contributed by atoms with van der Waals surface area (Å²) in [6, 6.07) is -0.548. The highest BCUT2D eigenvalue weighted by molar-refractivity contribution is 5.90. The molecule has 0 aromatic rings. The molecule has 2 amide bonds. The number of hydroxylamine groups is 1. The monoisotopic (exact) mass is 255 g/mol. The SMILES string of the molecule is CCCC1(C(=O)N[C@@H]2CONC2=O)CCCNC1. The standard InChI is InChI=1S/C12H21N3O3/c1-2-4-12(5-3-6-13-8-12)11(17)14-9-7-18-15-10(9)16/h9,13H,2-8H2,1H3,(H,14,17)(H,15,16)/t9-,12?/m1/s1. The molecule has 102 valence electrons. The lowest BCUT2D eigenvalue weighted by Crippen LogP contribution is -2.54. The second-order valence-corrected chi connectivity index (χ2v) is 5.11. The van der Waals surface area contributed by atoms with E-state index >= 15 is 0 Å². The van der Waals surface area contributed by atoms with E-state index in [9.17, 15) is 9.59 Å². The molecule has 2 heterocycles. The zero-order valence-electron chi connectivity index (χ0n) is 10.8. The van der Waals surface area contributed by atoms with Crippen molar-refractivity contribution in [2.45, 2.75) is 38.6 Å². The smallest absolute Gasteiger partial charge is 0.268 e. The van der Waals surface area contributed by atoms with E-state index in [0.29, 0.717) is 6.54 Å². The molecule has 1 unspecified atom stereocenters. The Kier molecular flexibility index (Phi) is 4.19. The number of hydrogen-bond donors (Lipinski definition) is 3. The lowest BCUT2D eigenvalue weighted by atomic mass is 9.76. The molecule has 6 heteroatoms. The van der Waals surface area contributed by atoms with Gasteiger partial charge in [0, 0.05) is 6.54 Å². The summed E-state index contributed by atoms with van der Waals surface area (Å²) in [4.78, 5) is 28.6. The van der Waals surface area contributed by atoms with Crippen LogP contribution < -0.4 is 16.1 Å². The van der Waals surface area contributed by atoms with Gasteiger partial charge in [0.15, 0.2) is 0 Å². The number of carbonyl (C=O) groups is 2. The Morgan fingerprint density at radius 1 is 1.61 bits per heavy atom. The normalized spacial score (nSPS) is 32.1. The highest BCUT2D eigenvalue weighted by Crippen LogP contribution is 2.32. The van der Waals surface area contributed by atoms with Gasteiger partial charge in [0.2, 0.25) is 5.91 Å². The van der Waals surface area contributed by atoms with Crippen molar-refractivity contribution in [1.29, 1.82) is 0 Å². The molecule has 0 radical (unpaired) electrons. The third-order valence-electron chi connectivity index (χ3n) is 3.73. The van der Waals surface area contributed by atoms with E-state index < -0.39 is 6.04 Å². The van der Waals surface area contributed by atoms with Crippen molar-refractivity contribution < 1.29 is 14.4 Å². The van der Waals surface area contributed by atoms with E-state index in [2.05, 4.69) is 23.0 Å². The molecular weight excluding hydrogens is 234 g/mol. The Balaban J connectivity index is 2.01. The summed E-state index contributed by atoms with van der Waals surface area (Å²) < 4.78 is 0. The molecular formula is C12H21N3O3. The molecule has 3 N–H and O–H groups in total. The van der Waals surface area contributed by atoms with Crippen LogP contribution in [0.15, 0.2) is 0 Å². The molecule has 2 fully saturated rings. The largest absolute Gasteiger partial charge is 0.342 e. The molecule has 0 spiro atoms. The predicted octanol–water partition coefficient (Wildman–Crippen LogP) is -0.297. The van der Waals surface area contributed by atoms with Crippen LogP contribution in [-0.4, -0.2) is 37.6 Å². The lowest BCUT2D eigenvalue weighted by molar-refractivity contribution is -0.135. The highest BCUT2D eigenvalue weighted by Gasteiger charge is 2.41. The minimum Gasteiger partial charge on any atom is -0.342 e. The average molecular weight is 255 g/mol. The number of carbonyl (C=O) groups excluding carboxylic acids is 2. The summed E-state index contributed by atoms with van der Waals surface area (Å²) in [6.07, 6.45) is 3.69. The maximum Gasteiger partial charge on any atom is 0.268 e. The zero-order chi connectivity index (χ0) is 13.0. The van der Waals surface area contributed by atoms with Crippen molar-refractivity contribution in [3.05, 3.63) is 0 Å². The number of piperidine rings is 1. The van der Waals surface area contributed by atoms with Gasteiger partial charge >= 0.3 is 0 Å². The molecule has 0 aromatic heterocycles. The molecule has 0 bridgehead atoms. The van der Waals surface area contributed by atoms with Crippen LogP contribution in [0.3, 0.4) is 0 Å². The second-order valence-electron chi connectivity index (χ2n) is 5.11. The van der Waals surface area contributed by atoms with Gasteiger partial charge in [-0.1, -0.05) is 13.3 Å². The third-order valence-corrected chi connectivity index (χ3v) is 3.73. The first kappa shape index (κ1) is 13.3. The van der Waals surface area contributed by atoms with Crippen LogP contribution in [0.1, 0.15) is 32.6 Å². The molecule has 2 saturated heterocycles. The van der Waals surface area contributed by atoms with Gasteiger partial charge in [-0.2, -0.15) is 0 Å². The predicted molar refractivity (Wildman–Crippen MR) is 65.5 cm³/mol. The minimum absolute atomic E-state index is 0.0257. The second kappa shape index (κ2) is 5.67. The van der Waals surface area contributed by atoms with Gasteiger partial charge in [-0.15, -0.1) is 0 Å². The third kappa shape index (κ3) is 2.64. The van der Waals surface area contributed by atoms with E-state index in [4.69, 9.17) is 4.84 Å². The van der Waals surface area contributed by atoms with E-state index in [1.807, 2.05) is 0 Å². The number of hydrogen-bond acceptors (Lipinski definition) is 4. The molecule has 18 heavy (non-hydrogen) atoms. The van der Waals surface area contributed by atoms with Gasteiger partial charge in [0.25, 0.3) is 5.91 Å². The maximum absolute atomic E-state index is 12.4. The molecule has 2 atom stereocenters. The van der Waals surface area contributed by atoms with Crippen LogP contribution in [0.5, 0.6) is 0 Å². The van der Waals surface area contributed by atoms with E-state index in [-0.39, 0.29) is 23.8 Å². The molecule has 2 aliphatic heterocycles. The summed E-state index contributed by atoms with van der Waals surface area (Å²) in [6.45, 7) is 3.95. The van der Waals surface area contributed by atoms with Gasteiger partial charge in [0.1, 0.15) is 12.6 Å². The average Bonchev–Trinajstić information content (AvgIpc) is 2.76. The Bertz CT molecular complexity index is 321. The maximum atomic E-state index is 12.4. The summed E-state index contributed by atoms with van der Waals surface area (Å²) in [5, 5.41) is 6.09. The van der Waals surface area contributed by atoms with Crippen molar-refractivity contribution in [2.24, 2.45) is 5.41 Å². The summed E-state index contributed by atoms with van der Waals surface area (Å²) in [7, 11) is 0. The van der Waals surface area contributed by atoms with Gasteiger partial charge < -0.3 is 10.6 Å². The summed E-state index contributed by atoms with van der Waals surface area (Å²) >= 11 is 0. The van der Waals surface area contributed by atoms with E-state index in [1.165, 1.54) is 0 Å².